The minimum absolute atomic E-state index is 0.161. The van der Waals surface area contributed by atoms with E-state index in [-0.39, 0.29) is 17.7 Å². The van der Waals surface area contributed by atoms with E-state index in [0.717, 1.165) is 11.1 Å². The van der Waals surface area contributed by atoms with Gasteiger partial charge in [-0.2, -0.15) is 5.10 Å². The van der Waals surface area contributed by atoms with Crippen molar-refractivity contribution < 1.29 is 14.7 Å². The number of aliphatic hydroxyl groups excluding tert-OH is 1. The van der Waals surface area contributed by atoms with Crippen molar-refractivity contribution in [2.24, 2.45) is 5.92 Å². The maximum Gasteiger partial charge on any atom is 0.271 e. The van der Waals surface area contributed by atoms with E-state index in [0.29, 0.717) is 30.7 Å². The van der Waals surface area contributed by atoms with Gasteiger partial charge < -0.3 is 15.7 Å². The first kappa shape index (κ1) is 17.6. The van der Waals surface area contributed by atoms with Crippen molar-refractivity contribution >= 4 is 34.2 Å². The van der Waals surface area contributed by atoms with Crippen LogP contribution in [0, 0.1) is 5.92 Å². The Morgan fingerprint density at radius 2 is 2.22 bits per heavy atom. The second kappa shape index (κ2) is 7.41. The Hall–Kier alpha value is -2.85. The third-order valence-electron chi connectivity index (χ3n) is 4.73. The van der Waals surface area contributed by atoms with Crippen molar-refractivity contribution in [3.05, 3.63) is 40.6 Å². The molecule has 27 heavy (non-hydrogen) atoms. The molecule has 0 aliphatic heterocycles. The van der Waals surface area contributed by atoms with Crippen LogP contribution in [0.5, 0.6) is 0 Å². The monoisotopic (exact) mass is 386 g/mol. The van der Waals surface area contributed by atoms with Gasteiger partial charge in [-0.25, -0.2) is 9.97 Å². The molecule has 1 aliphatic carbocycles. The number of thiazole rings is 1. The van der Waals surface area contributed by atoms with Crippen molar-refractivity contribution in [1.82, 2.24) is 30.8 Å². The summed E-state index contributed by atoms with van der Waals surface area (Å²) in [5.74, 6) is -0.864. The van der Waals surface area contributed by atoms with E-state index in [1.807, 2.05) is 12.1 Å². The molecule has 0 saturated heterocycles. The first-order valence-electron chi connectivity index (χ1n) is 8.54. The van der Waals surface area contributed by atoms with E-state index in [1.165, 1.54) is 11.3 Å². The molecule has 3 aromatic rings. The van der Waals surface area contributed by atoms with Crippen molar-refractivity contribution in [3.8, 4) is 0 Å². The van der Waals surface area contributed by atoms with Crippen LogP contribution in [0.3, 0.4) is 0 Å². The van der Waals surface area contributed by atoms with Crippen molar-refractivity contribution in [3.63, 3.8) is 0 Å². The summed E-state index contributed by atoms with van der Waals surface area (Å²) < 4.78 is 0. The summed E-state index contributed by atoms with van der Waals surface area (Å²) in [5, 5.41) is 25.3. The normalized spacial score (nSPS) is 22.0. The Labute approximate surface area is 158 Å². The van der Waals surface area contributed by atoms with Gasteiger partial charge in [0, 0.05) is 22.9 Å². The highest BCUT2D eigenvalue weighted by atomic mass is 32.1. The Morgan fingerprint density at radius 3 is 3.04 bits per heavy atom. The van der Waals surface area contributed by atoms with Crippen LogP contribution >= 0.6 is 11.3 Å². The SMILES string of the molecule is O=C(N[C@@H]1C[C@H](C(=O)NCc2[nH]nc3ncccc23)C[C@H]1O)c1cscn1. The Balaban J connectivity index is 1.33. The highest BCUT2D eigenvalue weighted by Crippen LogP contribution is 2.27. The molecule has 4 rings (SSSR count). The van der Waals surface area contributed by atoms with Crippen molar-refractivity contribution in [2.75, 3.05) is 0 Å². The summed E-state index contributed by atoms with van der Waals surface area (Å²) in [5.41, 5.74) is 3.27. The average Bonchev–Trinajstić information content (AvgIpc) is 3.40. The number of H-pyrrole nitrogens is 1. The van der Waals surface area contributed by atoms with Crippen LogP contribution in [0.1, 0.15) is 29.0 Å². The molecule has 1 fully saturated rings. The number of hydrogen-bond donors (Lipinski definition) is 4. The zero-order valence-corrected chi connectivity index (χ0v) is 15.1. The van der Waals surface area contributed by atoms with E-state index in [9.17, 15) is 14.7 Å². The number of nitrogens with one attached hydrogen (secondary N) is 3. The molecule has 1 saturated carbocycles. The van der Waals surface area contributed by atoms with Gasteiger partial charge in [-0.1, -0.05) is 0 Å². The van der Waals surface area contributed by atoms with E-state index in [4.69, 9.17) is 0 Å². The Kier molecular flexibility index (Phi) is 4.82. The molecule has 10 heteroatoms. The molecule has 9 nitrogen and oxygen atoms in total. The van der Waals surface area contributed by atoms with Crippen molar-refractivity contribution in [2.45, 2.75) is 31.5 Å². The second-order valence-corrected chi connectivity index (χ2v) is 7.20. The zero-order chi connectivity index (χ0) is 18.8. The smallest absolute Gasteiger partial charge is 0.271 e. The maximum absolute atomic E-state index is 12.5. The number of aliphatic hydroxyl groups is 1. The lowest BCUT2D eigenvalue weighted by atomic mass is 10.1. The number of nitrogens with zero attached hydrogens (tertiary/aromatic N) is 3. The zero-order valence-electron chi connectivity index (χ0n) is 14.3. The van der Waals surface area contributed by atoms with Crippen LogP contribution in [-0.2, 0) is 11.3 Å². The first-order chi connectivity index (χ1) is 13.1. The van der Waals surface area contributed by atoms with E-state index in [1.54, 1.807) is 17.1 Å². The van der Waals surface area contributed by atoms with Crippen molar-refractivity contribution in [1.29, 1.82) is 0 Å². The molecule has 2 amide bonds. The van der Waals surface area contributed by atoms with Gasteiger partial charge in [0.25, 0.3) is 5.91 Å². The van der Waals surface area contributed by atoms with Gasteiger partial charge >= 0.3 is 0 Å². The predicted octanol–water partition coefficient (Wildman–Crippen LogP) is 0.600. The van der Waals surface area contributed by atoms with Gasteiger partial charge in [0.1, 0.15) is 5.69 Å². The number of aromatic nitrogens is 4. The molecule has 140 valence electrons. The molecule has 3 atom stereocenters. The quantitative estimate of drug-likeness (QED) is 0.508. The standard InChI is InChI=1S/C17H18N6O3S/c24-14-5-9(4-11(14)21-17(26)13-7-27-8-20-13)16(25)19-6-12-10-2-1-3-18-15(10)23-22-12/h1-3,7-9,11,14,24H,4-6H2,(H,19,25)(H,21,26)(H,18,22,23)/t9-,11+,14+/m0/s1. The van der Waals surface area contributed by atoms with Gasteiger partial charge in [0.15, 0.2) is 5.65 Å². The topological polar surface area (TPSA) is 133 Å². The number of pyridine rings is 1. The van der Waals surface area contributed by atoms with Crippen LogP contribution in [-0.4, -0.2) is 49.2 Å². The summed E-state index contributed by atoms with van der Waals surface area (Å²) in [6.07, 6.45) is 1.58. The van der Waals surface area contributed by atoms with Gasteiger partial charge in [0.05, 0.1) is 29.9 Å². The highest BCUT2D eigenvalue weighted by Gasteiger charge is 2.37. The molecule has 3 aromatic heterocycles. The second-order valence-electron chi connectivity index (χ2n) is 6.48. The number of aromatic amines is 1. The van der Waals surface area contributed by atoms with E-state index in [2.05, 4.69) is 30.8 Å². The third-order valence-corrected chi connectivity index (χ3v) is 5.32. The van der Waals surface area contributed by atoms with E-state index >= 15 is 0 Å². The van der Waals surface area contributed by atoms with E-state index < -0.39 is 12.1 Å². The maximum atomic E-state index is 12.5. The summed E-state index contributed by atoms with van der Waals surface area (Å²) >= 11 is 1.33. The first-order valence-corrected chi connectivity index (χ1v) is 9.49. The van der Waals surface area contributed by atoms with Crippen LogP contribution in [0.25, 0.3) is 11.0 Å². The van der Waals surface area contributed by atoms with Crippen LogP contribution < -0.4 is 10.6 Å². The largest absolute Gasteiger partial charge is 0.391 e. The van der Waals surface area contributed by atoms with Gasteiger partial charge in [-0.3, -0.25) is 14.7 Å². The lowest BCUT2D eigenvalue weighted by Crippen LogP contribution is -2.40. The summed E-state index contributed by atoms with van der Waals surface area (Å²) in [4.78, 5) is 32.7. The van der Waals surface area contributed by atoms with Crippen LogP contribution in [0.15, 0.2) is 29.2 Å². The van der Waals surface area contributed by atoms with Crippen LogP contribution in [0.2, 0.25) is 0 Å². The molecule has 0 unspecified atom stereocenters. The lowest BCUT2D eigenvalue weighted by Gasteiger charge is -2.15. The Morgan fingerprint density at radius 1 is 1.33 bits per heavy atom. The fourth-order valence-electron chi connectivity index (χ4n) is 3.31. The number of hydrogen-bond acceptors (Lipinski definition) is 7. The molecular weight excluding hydrogens is 368 g/mol. The van der Waals surface area contributed by atoms with Gasteiger partial charge in [-0.05, 0) is 25.0 Å². The minimum atomic E-state index is -0.763. The summed E-state index contributed by atoms with van der Waals surface area (Å²) in [6.45, 7) is 0.295. The molecule has 1 aliphatic rings. The molecular formula is C17H18N6O3S. The molecule has 0 radical (unpaired) electrons. The number of carbonyl (C=O) groups excluding carboxylic acids is 2. The Bertz CT molecular complexity index is 957. The summed E-state index contributed by atoms with van der Waals surface area (Å²) in [6, 6.07) is 3.23. The molecule has 0 aromatic carbocycles. The van der Waals surface area contributed by atoms with Gasteiger partial charge in [-0.15, -0.1) is 11.3 Å². The average molecular weight is 386 g/mol. The lowest BCUT2D eigenvalue weighted by molar-refractivity contribution is -0.125. The number of carbonyl (C=O) groups is 2. The molecule has 0 bridgehead atoms. The third kappa shape index (κ3) is 3.67. The van der Waals surface area contributed by atoms with Crippen LogP contribution in [0.4, 0.5) is 0 Å². The molecule has 4 N–H and O–H groups in total. The molecule has 0 spiro atoms. The predicted molar refractivity (Wildman–Crippen MR) is 97.8 cm³/mol. The minimum Gasteiger partial charge on any atom is -0.391 e. The fourth-order valence-corrected chi connectivity index (χ4v) is 3.84. The number of rotatable bonds is 5. The molecule has 3 heterocycles. The number of amides is 2. The fraction of sp³-hybridized carbons (Fsp3) is 0.353. The highest BCUT2D eigenvalue weighted by molar-refractivity contribution is 7.07. The summed E-state index contributed by atoms with van der Waals surface area (Å²) in [7, 11) is 0. The number of fused-ring (bicyclic) bond motifs is 1. The van der Waals surface area contributed by atoms with Gasteiger partial charge in [0.2, 0.25) is 5.91 Å².